The second kappa shape index (κ2) is 5.96. The monoisotopic (exact) mass is 279 g/mol. The van der Waals surface area contributed by atoms with Gasteiger partial charge in [0.25, 0.3) is 0 Å². The molecule has 116 valence electrons. The van der Waals surface area contributed by atoms with Gasteiger partial charge in [0.2, 0.25) is 0 Å². The number of hydrogen-bond donors (Lipinski definition) is 1. The van der Waals surface area contributed by atoms with Crippen LogP contribution in [-0.4, -0.2) is 25.3 Å². The first-order valence-corrected chi connectivity index (χ1v) is 8.94. The van der Waals surface area contributed by atoms with Gasteiger partial charge in [0, 0.05) is 24.0 Å². The predicted octanol–water partition coefficient (Wildman–Crippen LogP) is 4.00. The molecule has 0 spiro atoms. The Bertz CT molecular complexity index is 327. The smallest absolute Gasteiger partial charge is 0.0684 e. The zero-order valence-corrected chi connectivity index (χ0v) is 13.7. The largest absolute Gasteiger partial charge is 0.377 e. The quantitative estimate of drug-likeness (QED) is 0.840. The third-order valence-electron chi connectivity index (χ3n) is 6.29. The summed E-state index contributed by atoms with van der Waals surface area (Å²) in [5.74, 6) is 2.72. The molecule has 1 saturated heterocycles. The molecule has 2 nitrogen and oxygen atoms in total. The highest BCUT2D eigenvalue weighted by Crippen LogP contribution is 2.51. The maximum atomic E-state index is 5.99. The van der Waals surface area contributed by atoms with Crippen LogP contribution in [0.1, 0.15) is 65.7 Å². The molecule has 0 aromatic carbocycles. The van der Waals surface area contributed by atoms with Crippen molar-refractivity contribution in [2.45, 2.75) is 77.9 Å². The van der Waals surface area contributed by atoms with E-state index in [1.165, 1.54) is 51.5 Å². The van der Waals surface area contributed by atoms with Gasteiger partial charge in [-0.2, -0.15) is 0 Å². The molecule has 1 aliphatic heterocycles. The molecule has 5 atom stereocenters. The van der Waals surface area contributed by atoms with Gasteiger partial charge in [-0.1, -0.05) is 40.0 Å². The van der Waals surface area contributed by atoms with Gasteiger partial charge in [0.1, 0.15) is 0 Å². The Hall–Kier alpha value is -0.0800. The third kappa shape index (κ3) is 2.78. The number of hydrogen-bond acceptors (Lipinski definition) is 2. The van der Waals surface area contributed by atoms with E-state index in [2.05, 4.69) is 26.1 Å². The van der Waals surface area contributed by atoms with Gasteiger partial charge in [0.15, 0.2) is 0 Å². The van der Waals surface area contributed by atoms with Crippen molar-refractivity contribution in [3.05, 3.63) is 0 Å². The fourth-order valence-corrected chi connectivity index (χ4v) is 5.20. The van der Waals surface area contributed by atoms with Crippen molar-refractivity contribution >= 4 is 0 Å². The highest BCUT2D eigenvalue weighted by Gasteiger charge is 2.57. The molecule has 20 heavy (non-hydrogen) atoms. The minimum Gasteiger partial charge on any atom is -0.377 e. The minimum atomic E-state index is 0.338. The maximum Gasteiger partial charge on any atom is 0.0684 e. The van der Waals surface area contributed by atoms with Gasteiger partial charge in [-0.15, -0.1) is 0 Å². The average Bonchev–Trinajstić information content (AvgIpc) is 2.43. The summed E-state index contributed by atoms with van der Waals surface area (Å²) in [5, 5.41) is 3.89. The van der Waals surface area contributed by atoms with E-state index in [1.54, 1.807) is 0 Å². The molecule has 1 N–H and O–H groups in total. The Labute approximate surface area is 125 Å². The summed E-state index contributed by atoms with van der Waals surface area (Å²) in [7, 11) is 0. The average molecular weight is 279 g/mol. The molecule has 5 unspecified atom stereocenters. The number of ether oxygens (including phenoxy) is 1. The van der Waals surface area contributed by atoms with Crippen LogP contribution < -0.4 is 5.32 Å². The topological polar surface area (TPSA) is 21.3 Å². The van der Waals surface area contributed by atoms with Crippen molar-refractivity contribution in [3.8, 4) is 0 Å². The van der Waals surface area contributed by atoms with Crippen LogP contribution >= 0.6 is 0 Å². The van der Waals surface area contributed by atoms with E-state index in [0.717, 1.165) is 24.4 Å². The van der Waals surface area contributed by atoms with E-state index in [1.807, 2.05) is 0 Å². The molecule has 3 aliphatic rings. The first-order valence-electron chi connectivity index (χ1n) is 8.94. The first-order chi connectivity index (χ1) is 9.59. The highest BCUT2D eigenvalue weighted by atomic mass is 16.5. The summed E-state index contributed by atoms with van der Waals surface area (Å²) < 4.78 is 5.99. The number of fused-ring (bicyclic) bond motifs is 1. The zero-order chi connectivity index (χ0) is 14.2. The second-order valence-corrected chi connectivity index (χ2v) is 8.28. The summed E-state index contributed by atoms with van der Waals surface area (Å²) in [6.07, 6.45) is 10.4. The van der Waals surface area contributed by atoms with Crippen molar-refractivity contribution in [1.29, 1.82) is 0 Å². The lowest BCUT2D eigenvalue weighted by molar-refractivity contribution is -0.192. The van der Waals surface area contributed by atoms with E-state index in [0.29, 0.717) is 17.6 Å². The highest BCUT2D eigenvalue weighted by molar-refractivity contribution is 5.10. The molecule has 0 amide bonds. The lowest BCUT2D eigenvalue weighted by Crippen LogP contribution is -2.69. The predicted molar refractivity (Wildman–Crippen MR) is 83.8 cm³/mol. The molecule has 2 saturated carbocycles. The molecule has 0 aromatic rings. The molecule has 1 heterocycles. The Morgan fingerprint density at radius 3 is 2.80 bits per heavy atom. The Kier molecular flexibility index (Phi) is 4.42. The van der Waals surface area contributed by atoms with E-state index in [-0.39, 0.29) is 0 Å². The molecule has 0 aromatic heterocycles. The SMILES string of the molecule is CC1CCCC(CCNC2C3CCCOC3C2(C)C)C1. The third-order valence-corrected chi connectivity index (χ3v) is 6.29. The summed E-state index contributed by atoms with van der Waals surface area (Å²) in [6, 6.07) is 0.689. The van der Waals surface area contributed by atoms with Crippen molar-refractivity contribution in [2.24, 2.45) is 23.2 Å². The molecular formula is C18H33NO. The lowest BCUT2D eigenvalue weighted by Gasteiger charge is -2.60. The van der Waals surface area contributed by atoms with Crippen LogP contribution in [0.4, 0.5) is 0 Å². The molecule has 0 radical (unpaired) electrons. The van der Waals surface area contributed by atoms with Crippen LogP contribution in [0, 0.1) is 23.2 Å². The van der Waals surface area contributed by atoms with Crippen LogP contribution in [0.2, 0.25) is 0 Å². The van der Waals surface area contributed by atoms with Crippen molar-refractivity contribution in [1.82, 2.24) is 5.32 Å². The van der Waals surface area contributed by atoms with Crippen LogP contribution in [0.15, 0.2) is 0 Å². The second-order valence-electron chi connectivity index (χ2n) is 8.28. The number of rotatable bonds is 4. The van der Waals surface area contributed by atoms with E-state index >= 15 is 0 Å². The molecular weight excluding hydrogens is 246 g/mol. The number of nitrogens with one attached hydrogen (secondary N) is 1. The standard InChI is InChI=1S/C18H33NO/c1-13-6-4-7-14(12-13)9-10-19-16-15-8-5-11-20-17(15)18(16,2)3/h13-17,19H,4-12H2,1-3H3. The normalized spacial score (nSPS) is 43.6. The van der Waals surface area contributed by atoms with E-state index in [9.17, 15) is 0 Å². The maximum absolute atomic E-state index is 5.99. The Balaban J connectivity index is 1.44. The molecule has 0 bridgehead atoms. The van der Waals surface area contributed by atoms with Crippen LogP contribution in [-0.2, 0) is 4.74 Å². The van der Waals surface area contributed by atoms with Crippen LogP contribution in [0.25, 0.3) is 0 Å². The van der Waals surface area contributed by atoms with Gasteiger partial charge in [0.05, 0.1) is 6.10 Å². The summed E-state index contributed by atoms with van der Waals surface area (Å²) in [5.41, 5.74) is 0.338. The minimum absolute atomic E-state index is 0.338. The van der Waals surface area contributed by atoms with Crippen molar-refractivity contribution in [3.63, 3.8) is 0 Å². The molecule has 3 fully saturated rings. The molecule has 2 aliphatic carbocycles. The lowest BCUT2D eigenvalue weighted by atomic mass is 9.55. The fourth-order valence-electron chi connectivity index (χ4n) is 5.20. The molecule has 2 heteroatoms. The van der Waals surface area contributed by atoms with Gasteiger partial charge in [-0.3, -0.25) is 0 Å². The van der Waals surface area contributed by atoms with Gasteiger partial charge in [-0.25, -0.2) is 0 Å². The van der Waals surface area contributed by atoms with Crippen LogP contribution in [0.3, 0.4) is 0 Å². The Morgan fingerprint density at radius 1 is 1.15 bits per heavy atom. The van der Waals surface area contributed by atoms with E-state index in [4.69, 9.17) is 4.74 Å². The van der Waals surface area contributed by atoms with Crippen LogP contribution in [0.5, 0.6) is 0 Å². The van der Waals surface area contributed by atoms with Gasteiger partial charge in [-0.05, 0) is 44.1 Å². The summed E-state index contributed by atoms with van der Waals surface area (Å²) in [4.78, 5) is 0. The fraction of sp³-hybridized carbons (Fsp3) is 1.00. The van der Waals surface area contributed by atoms with Gasteiger partial charge >= 0.3 is 0 Å². The first kappa shape index (κ1) is 14.8. The summed E-state index contributed by atoms with van der Waals surface area (Å²) >= 11 is 0. The van der Waals surface area contributed by atoms with Crippen molar-refractivity contribution in [2.75, 3.05) is 13.2 Å². The van der Waals surface area contributed by atoms with Crippen molar-refractivity contribution < 1.29 is 4.74 Å². The zero-order valence-electron chi connectivity index (χ0n) is 13.7. The van der Waals surface area contributed by atoms with E-state index < -0.39 is 0 Å². The Morgan fingerprint density at radius 2 is 2.00 bits per heavy atom. The van der Waals surface area contributed by atoms with Gasteiger partial charge < -0.3 is 10.1 Å². The molecule has 3 rings (SSSR count). The summed E-state index contributed by atoms with van der Waals surface area (Å²) in [6.45, 7) is 9.41.